The van der Waals surface area contributed by atoms with E-state index >= 15 is 0 Å². The summed E-state index contributed by atoms with van der Waals surface area (Å²) in [5.74, 6) is -1.84. The van der Waals surface area contributed by atoms with E-state index < -0.39 is 23.9 Å². The molecule has 0 radical (unpaired) electrons. The van der Waals surface area contributed by atoms with E-state index in [0.29, 0.717) is 0 Å². The molecule has 0 bridgehead atoms. The minimum absolute atomic E-state index is 0.0666. The number of ketones is 1. The third kappa shape index (κ3) is 5.76. The van der Waals surface area contributed by atoms with Crippen molar-refractivity contribution in [1.29, 1.82) is 0 Å². The smallest absolute Gasteiger partial charge is 0.408 e. The van der Waals surface area contributed by atoms with Crippen molar-refractivity contribution in [1.82, 2.24) is 5.32 Å². The molecule has 130 valence electrons. The van der Waals surface area contributed by atoms with Crippen LogP contribution in [0, 0.1) is 0 Å². The molecular weight excluding hydrogens is 322 g/mol. The van der Waals surface area contributed by atoms with Crippen LogP contribution in [0.4, 0.5) is 4.79 Å². The molecule has 0 aliphatic carbocycles. The molecule has 1 amide bonds. The summed E-state index contributed by atoms with van der Waals surface area (Å²) in [5.41, 5.74) is 1.62. The molecule has 0 aliphatic heterocycles. The maximum atomic E-state index is 12.1. The maximum Gasteiger partial charge on any atom is 0.408 e. The first-order chi connectivity index (χ1) is 12.1. The molecule has 0 heterocycles. The van der Waals surface area contributed by atoms with E-state index in [1.165, 1.54) is 0 Å². The van der Waals surface area contributed by atoms with Crippen LogP contribution in [0.3, 0.4) is 0 Å². The lowest BCUT2D eigenvalue weighted by molar-refractivity contribution is -0.152. The lowest BCUT2D eigenvalue weighted by Crippen LogP contribution is -2.45. The number of esters is 1. The van der Waals surface area contributed by atoms with Crippen LogP contribution in [0.5, 0.6) is 0 Å². The Morgan fingerprint density at radius 3 is 2.04 bits per heavy atom. The second-order valence-corrected chi connectivity index (χ2v) is 5.30. The lowest BCUT2D eigenvalue weighted by Gasteiger charge is -2.16. The normalized spacial score (nSPS) is 11.2. The summed E-state index contributed by atoms with van der Waals surface area (Å²) in [4.78, 5) is 35.7. The van der Waals surface area contributed by atoms with Crippen LogP contribution in [0.2, 0.25) is 0 Å². The van der Waals surface area contributed by atoms with E-state index in [-0.39, 0.29) is 13.0 Å². The predicted octanol–water partition coefficient (Wildman–Crippen LogP) is 2.27. The van der Waals surface area contributed by atoms with Crippen LogP contribution in [-0.4, -0.2) is 31.0 Å². The third-order valence-corrected chi connectivity index (χ3v) is 3.49. The summed E-state index contributed by atoms with van der Waals surface area (Å²) in [6, 6.07) is 17.1. The van der Waals surface area contributed by atoms with Gasteiger partial charge in [-0.25, -0.2) is 9.59 Å². The minimum Gasteiger partial charge on any atom is -0.463 e. The molecule has 2 rings (SSSR count). The summed E-state index contributed by atoms with van der Waals surface area (Å²) >= 11 is 0. The Balaban J connectivity index is 2.00. The number of amides is 1. The SMILES string of the molecule is COC(=O)C(=O)[C@@H](Cc1ccccc1)NC(=O)OCc1ccccc1. The van der Waals surface area contributed by atoms with Crippen molar-refractivity contribution < 1.29 is 23.9 Å². The fraction of sp³-hybridized carbons (Fsp3) is 0.211. The topological polar surface area (TPSA) is 81.7 Å². The molecule has 0 saturated heterocycles. The first-order valence-corrected chi connectivity index (χ1v) is 7.73. The molecule has 0 spiro atoms. The van der Waals surface area contributed by atoms with Crippen molar-refractivity contribution in [3.05, 3.63) is 71.8 Å². The fourth-order valence-corrected chi connectivity index (χ4v) is 2.21. The number of benzene rings is 2. The predicted molar refractivity (Wildman–Crippen MR) is 90.7 cm³/mol. The van der Waals surface area contributed by atoms with Gasteiger partial charge in [-0.1, -0.05) is 60.7 Å². The first-order valence-electron chi connectivity index (χ1n) is 7.73. The maximum absolute atomic E-state index is 12.1. The Labute approximate surface area is 145 Å². The summed E-state index contributed by atoms with van der Waals surface area (Å²) in [5, 5.41) is 2.44. The number of hydrogen-bond donors (Lipinski definition) is 1. The number of carbonyl (C=O) groups is 3. The number of Topliss-reactive ketones (excluding diaryl/α,β-unsaturated/α-hetero) is 1. The molecule has 0 aliphatic rings. The molecule has 6 nitrogen and oxygen atoms in total. The van der Waals surface area contributed by atoms with Crippen molar-refractivity contribution in [3.63, 3.8) is 0 Å². The number of nitrogens with one attached hydrogen (secondary N) is 1. The van der Waals surface area contributed by atoms with Gasteiger partial charge in [0.05, 0.1) is 7.11 Å². The van der Waals surface area contributed by atoms with Gasteiger partial charge in [-0.3, -0.25) is 4.79 Å². The highest BCUT2D eigenvalue weighted by Crippen LogP contribution is 2.06. The van der Waals surface area contributed by atoms with Crippen LogP contribution < -0.4 is 5.32 Å². The zero-order valence-corrected chi connectivity index (χ0v) is 13.8. The van der Waals surface area contributed by atoms with Crippen molar-refractivity contribution in [2.75, 3.05) is 7.11 Å². The molecule has 25 heavy (non-hydrogen) atoms. The second kappa shape index (κ2) is 9.22. The zero-order valence-electron chi connectivity index (χ0n) is 13.8. The van der Waals surface area contributed by atoms with Gasteiger partial charge in [0.2, 0.25) is 0 Å². The molecule has 1 atom stereocenters. The van der Waals surface area contributed by atoms with Gasteiger partial charge in [0.25, 0.3) is 5.78 Å². The van der Waals surface area contributed by atoms with E-state index in [2.05, 4.69) is 10.1 Å². The minimum atomic E-state index is -1.06. The van der Waals surface area contributed by atoms with Gasteiger partial charge < -0.3 is 14.8 Å². The highest BCUT2D eigenvalue weighted by atomic mass is 16.5. The number of hydrogen-bond acceptors (Lipinski definition) is 5. The Morgan fingerprint density at radius 1 is 0.920 bits per heavy atom. The lowest BCUT2D eigenvalue weighted by atomic mass is 10.0. The quantitative estimate of drug-likeness (QED) is 0.617. The molecule has 2 aromatic carbocycles. The van der Waals surface area contributed by atoms with Gasteiger partial charge in [-0.15, -0.1) is 0 Å². The Hall–Kier alpha value is -3.15. The Bertz CT molecular complexity index is 715. The molecule has 1 N–H and O–H groups in total. The highest BCUT2D eigenvalue weighted by Gasteiger charge is 2.28. The molecule has 0 unspecified atom stereocenters. The molecule has 0 fully saturated rings. The van der Waals surface area contributed by atoms with E-state index in [9.17, 15) is 14.4 Å². The summed E-state index contributed by atoms with van der Waals surface area (Å²) in [6.45, 7) is 0.0666. The third-order valence-electron chi connectivity index (χ3n) is 3.49. The highest BCUT2D eigenvalue weighted by molar-refractivity contribution is 6.36. The van der Waals surface area contributed by atoms with Gasteiger partial charge in [-0.05, 0) is 11.1 Å². The number of carbonyl (C=O) groups excluding carboxylic acids is 3. The van der Waals surface area contributed by atoms with Gasteiger partial charge in [-0.2, -0.15) is 0 Å². The van der Waals surface area contributed by atoms with E-state index in [1.807, 2.05) is 48.5 Å². The summed E-state index contributed by atoms with van der Waals surface area (Å²) in [7, 11) is 1.12. The number of rotatable bonds is 7. The largest absolute Gasteiger partial charge is 0.463 e. The van der Waals surface area contributed by atoms with Gasteiger partial charge in [0.15, 0.2) is 0 Å². The van der Waals surface area contributed by atoms with Crippen LogP contribution >= 0.6 is 0 Å². The second-order valence-electron chi connectivity index (χ2n) is 5.30. The molecule has 0 saturated carbocycles. The molecular formula is C19H19NO5. The average Bonchev–Trinajstić information content (AvgIpc) is 2.66. The van der Waals surface area contributed by atoms with Crippen LogP contribution in [0.1, 0.15) is 11.1 Å². The first kappa shape index (κ1) is 18.2. The van der Waals surface area contributed by atoms with Crippen molar-refractivity contribution in [3.8, 4) is 0 Å². The van der Waals surface area contributed by atoms with Crippen LogP contribution in [0.25, 0.3) is 0 Å². The standard InChI is InChI=1S/C19H19NO5/c1-24-18(22)17(21)16(12-14-8-4-2-5-9-14)20-19(23)25-13-15-10-6-3-7-11-15/h2-11,16H,12-13H2,1H3,(H,20,23)/t16-/m1/s1. The average molecular weight is 341 g/mol. The Kier molecular flexibility index (Phi) is 6.71. The van der Waals surface area contributed by atoms with Gasteiger partial charge in [0.1, 0.15) is 12.6 Å². The van der Waals surface area contributed by atoms with Crippen molar-refractivity contribution in [2.24, 2.45) is 0 Å². The monoisotopic (exact) mass is 341 g/mol. The summed E-state index contributed by atoms with van der Waals surface area (Å²) in [6.07, 6.45) is -0.614. The van der Waals surface area contributed by atoms with Gasteiger partial charge >= 0.3 is 12.1 Å². The number of ether oxygens (including phenoxy) is 2. The van der Waals surface area contributed by atoms with Crippen molar-refractivity contribution in [2.45, 2.75) is 19.1 Å². The van der Waals surface area contributed by atoms with Gasteiger partial charge in [0, 0.05) is 6.42 Å². The van der Waals surface area contributed by atoms with Crippen LogP contribution in [-0.2, 0) is 32.1 Å². The van der Waals surface area contributed by atoms with E-state index in [0.717, 1.165) is 18.2 Å². The molecule has 0 aromatic heterocycles. The van der Waals surface area contributed by atoms with Crippen molar-refractivity contribution >= 4 is 17.8 Å². The van der Waals surface area contributed by atoms with E-state index in [4.69, 9.17) is 4.74 Å². The molecule has 6 heteroatoms. The fourth-order valence-electron chi connectivity index (χ4n) is 2.21. The zero-order chi connectivity index (χ0) is 18.1. The Morgan fingerprint density at radius 2 is 1.48 bits per heavy atom. The number of alkyl carbamates (subject to hydrolysis) is 1. The van der Waals surface area contributed by atoms with E-state index in [1.54, 1.807) is 12.1 Å². The summed E-state index contributed by atoms with van der Waals surface area (Å²) < 4.78 is 9.57. The number of methoxy groups -OCH3 is 1. The van der Waals surface area contributed by atoms with Crippen LogP contribution in [0.15, 0.2) is 60.7 Å². The molecule has 2 aromatic rings.